The molecule has 0 bridgehead atoms. The van der Waals surface area contributed by atoms with Crippen molar-refractivity contribution in [1.29, 1.82) is 0 Å². The maximum Gasteiger partial charge on any atom is 0.220 e. The van der Waals surface area contributed by atoms with Gasteiger partial charge in [-0.25, -0.2) is 0 Å². The van der Waals surface area contributed by atoms with Crippen LogP contribution in [-0.4, -0.2) is 10.9 Å². The zero-order valence-corrected chi connectivity index (χ0v) is 11.2. The number of Topliss-reactive ketones (excluding diaryl/α,β-unsaturated/α-hetero) is 1. The number of thioether (sulfide) groups is 1. The molecule has 0 amide bonds. The number of hydrogen-bond donors (Lipinski definition) is 0. The van der Waals surface area contributed by atoms with Crippen molar-refractivity contribution in [3.63, 3.8) is 0 Å². The maximum atomic E-state index is 11.7. The molecule has 3 heteroatoms. The van der Waals surface area contributed by atoms with Crippen molar-refractivity contribution >= 4 is 22.7 Å². The third kappa shape index (κ3) is 1.95. The monoisotopic (exact) mass is 246 g/mol. The summed E-state index contributed by atoms with van der Waals surface area (Å²) in [7, 11) is 0. The van der Waals surface area contributed by atoms with Gasteiger partial charge in [-0.2, -0.15) is 0 Å². The maximum absolute atomic E-state index is 11.7. The first-order valence-electron chi connectivity index (χ1n) is 5.47. The van der Waals surface area contributed by atoms with Crippen molar-refractivity contribution in [2.24, 2.45) is 0 Å². The molecule has 2 nitrogen and oxygen atoms in total. The minimum atomic E-state index is 0.0852. The van der Waals surface area contributed by atoms with Gasteiger partial charge in [0.25, 0.3) is 0 Å². The van der Waals surface area contributed by atoms with Gasteiger partial charge in [0, 0.05) is 10.5 Å². The Bertz CT molecular complexity index is 533. The van der Waals surface area contributed by atoms with Crippen LogP contribution in [0.25, 0.3) is 0 Å². The minimum Gasteiger partial charge on any atom is -0.289 e. The Morgan fingerprint density at radius 3 is 1.82 bits per heavy atom. The van der Waals surface area contributed by atoms with E-state index >= 15 is 0 Å². The topological polar surface area (TPSA) is 34.1 Å². The molecule has 0 aromatic rings. The quantitative estimate of drug-likeness (QED) is 0.657. The van der Waals surface area contributed by atoms with Crippen molar-refractivity contribution in [2.45, 2.75) is 27.7 Å². The lowest BCUT2D eigenvalue weighted by atomic mass is 9.94. The van der Waals surface area contributed by atoms with Crippen LogP contribution in [0.15, 0.2) is 44.9 Å². The fraction of sp³-hybridized carbons (Fsp3) is 0.286. The van der Waals surface area contributed by atoms with E-state index in [4.69, 9.17) is 0 Å². The Morgan fingerprint density at radius 2 is 1.41 bits per heavy atom. The smallest absolute Gasteiger partial charge is 0.220 e. The normalized spacial score (nSPS) is 21.2. The molecule has 1 aliphatic heterocycles. The molecule has 0 aromatic carbocycles. The van der Waals surface area contributed by atoms with Crippen LogP contribution in [0.5, 0.6) is 0 Å². The standard InChI is InChI=1S/C14H14O2S/c1-7-5-11(6-8(2)12(7)15)13-9(3)10(4)14(16)17-13/h5-6H,1-4H3. The Hall–Kier alpha value is -1.35. The van der Waals surface area contributed by atoms with Crippen LogP contribution >= 0.6 is 11.8 Å². The highest BCUT2D eigenvalue weighted by atomic mass is 32.2. The van der Waals surface area contributed by atoms with Crippen LogP contribution in [0.4, 0.5) is 0 Å². The summed E-state index contributed by atoms with van der Waals surface area (Å²) in [5.41, 5.74) is 4.28. The van der Waals surface area contributed by atoms with E-state index in [9.17, 15) is 9.59 Å². The summed E-state index contributed by atoms with van der Waals surface area (Å²) in [4.78, 5) is 24.3. The second-order valence-corrected chi connectivity index (χ2v) is 5.39. The van der Waals surface area contributed by atoms with E-state index in [-0.39, 0.29) is 10.9 Å². The number of ketones is 1. The molecule has 0 saturated carbocycles. The number of carbonyl (C=O) groups is 2. The van der Waals surface area contributed by atoms with Gasteiger partial charge < -0.3 is 0 Å². The van der Waals surface area contributed by atoms with Gasteiger partial charge in [0.15, 0.2) is 5.78 Å². The fourth-order valence-corrected chi connectivity index (χ4v) is 2.96. The summed E-state index contributed by atoms with van der Waals surface area (Å²) in [6, 6.07) is 0. The van der Waals surface area contributed by atoms with Crippen LogP contribution in [0.2, 0.25) is 0 Å². The molecular weight excluding hydrogens is 232 g/mol. The van der Waals surface area contributed by atoms with Gasteiger partial charge in [0.2, 0.25) is 5.12 Å². The molecule has 0 saturated heterocycles. The minimum absolute atomic E-state index is 0.0852. The van der Waals surface area contributed by atoms with Gasteiger partial charge in [-0.1, -0.05) is 0 Å². The zero-order chi connectivity index (χ0) is 12.7. The molecule has 0 spiro atoms. The molecule has 2 aliphatic rings. The van der Waals surface area contributed by atoms with Gasteiger partial charge in [-0.3, -0.25) is 9.59 Å². The first-order chi connectivity index (χ1) is 7.91. The molecule has 88 valence electrons. The highest BCUT2D eigenvalue weighted by molar-refractivity contribution is 8.18. The Labute approximate surface area is 105 Å². The zero-order valence-electron chi connectivity index (χ0n) is 10.4. The predicted octanol–water partition coefficient (Wildman–Crippen LogP) is 3.33. The van der Waals surface area contributed by atoms with E-state index in [0.29, 0.717) is 0 Å². The number of allylic oxidation sites excluding steroid dienone is 6. The first kappa shape index (κ1) is 12.1. The van der Waals surface area contributed by atoms with Crippen LogP contribution in [0, 0.1) is 0 Å². The Balaban J connectivity index is 2.57. The Morgan fingerprint density at radius 1 is 0.882 bits per heavy atom. The van der Waals surface area contributed by atoms with Crippen LogP contribution < -0.4 is 0 Å². The Kier molecular flexibility index (Phi) is 2.96. The molecule has 0 radical (unpaired) electrons. The second kappa shape index (κ2) is 4.15. The molecule has 0 N–H and O–H groups in total. The molecular formula is C14H14O2S. The molecule has 0 unspecified atom stereocenters. The van der Waals surface area contributed by atoms with Crippen LogP contribution in [0.1, 0.15) is 27.7 Å². The van der Waals surface area contributed by atoms with Crippen molar-refractivity contribution in [2.75, 3.05) is 0 Å². The highest BCUT2D eigenvalue weighted by Crippen LogP contribution is 2.41. The summed E-state index contributed by atoms with van der Waals surface area (Å²) in [5.74, 6) is 0.0852. The summed E-state index contributed by atoms with van der Waals surface area (Å²) in [5, 5.41) is 0.110. The largest absolute Gasteiger partial charge is 0.289 e. The molecule has 1 aliphatic carbocycles. The van der Waals surface area contributed by atoms with Crippen LogP contribution in [-0.2, 0) is 9.59 Å². The third-order valence-electron chi connectivity index (χ3n) is 3.13. The van der Waals surface area contributed by atoms with E-state index < -0.39 is 0 Å². The van der Waals surface area contributed by atoms with E-state index in [2.05, 4.69) is 0 Å². The molecule has 0 atom stereocenters. The number of carbonyl (C=O) groups excluding carboxylic acids is 2. The fourth-order valence-electron chi connectivity index (χ4n) is 1.93. The highest BCUT2D eigenvalue weighted by Gasteiger charge is 2.25. The molecule has 1 heterocycles. The van der Waals surface area contributed by atoms with Crippen molar-refractivity contribution in [1.82, 2.24) is 0 Å². The molecule has 2 rings (SSSR count). The van der Waals surface area contributed by atoms with Gasteiger partial charge in [0.05, 0.1) is 0 Å². The van der Waals surface area contributed by atoms with E-state index in [0.717, 1.165) is 32.8 Å². The van der Waals surface area contributed by atoms with Crippen molar-refractivity contribution in [3.8, 4) is 0 Å². The lowest BCUT2D eigenvalue weighted by Crippen LogP contribution is -2.06. The van der Waals surface area contributed by atoms with Crippen molar-refractivity contribution < 1.29 is 9.59 Å². The van der Waals surface area contributed by atoms with Crippen molar-refractivity contribution in [3.05, 3.63) is 44.9 Å². The second-order valence-electron chi connectivity index (χ2n) is 4.41. The first-order valence-corrected chi connectivity index (χ1v) is 6.29. The van der Waals surface area contributed by atoms with Gasteiger partial charge >= 0.3 is 0 Å². The lowest BCUT2D eigenvalue weighted by molar-refractivity contribution is -0.112. The van der Waals surface area contributed by atoms with Gasteiger partial charge in [0.1, 0.15) is 0 Å². The van der Waals surface area contributed by atoms with E-state index in [1.54, 1.807) is 0 Å². The third-order valence-corrected chi connectivity index (χ3v) is 4.36. The summed E-state index contributed by atoms with van der Waals surface area (Å²) in [6.45, 7) is 7.43. The molecule has 0 aromatic heterocycles. The summed E-state index contributed by atoms with van der Waals surface area (Å²) < 4.78 is 0. The molecule has 0 fully saturated rings. The van der Waals surface area contributed by atoms with Gasteiger partial charge in [-0.15, -0.1) is 0 Å². The van der Waals surface area contributed by atoms with Gasteiger partial charge in [-0.05, 0) is 73.9 Å². The lowest BCUT2D eigenvalue weighted by Gasteiger charge is -2.12. The SMILES string of the molecule is CC1=CC(=C2SC(=O)C(C)=C2C)C=C(C)C1=O. The number of rotatable bonds is 0. The molecule has 17 heavy (non-hydrogen) atoms. The predicted molar refractivity (Wildman–Crippen MR) is 70.5 cm³/mol. The summed E-state index contributed by atoms with van der Waals surface area (Å²) >= 11 is 1.26. The number of hydrogen-bond acceptors (Lipinski definition) is 3. The summed E-state index contributed by atoms with van der Waals surface area (Å²) in [6.07, 6.45) is 3.74. The van der Waals surface area contributed by atoms with E-state index in [1.807, 2.05) is 39.8 Å². The van der Waals surface area contributed by atoms with Crippen LogP contribution in [0.3, 0.4) is 0 Å². The average Bonchev–Trinajstić information content (AvgIpc) is 2.53. The average molecular weight is 246 g/mol. The van der Waals surface area contributed by atoms with E-state index in [1.165, 1.54) is 11.8 Å².